The van der Waals surface area contributed by atoms with Crippen molar-refractivity contribution in [3.63, 3.8) is 0 Å². The van der Waals surface area contributed by atoms with Crippen LogP contribution in [0.2, 0.25) is 0 Å². The highest BCUT2D eigenvalue weighted by atomic mass is 16.5. The molecule has 0 radical (unpaired) electrons. The number of aryl methyl sites for hydroxylation is 1. The molecule has 3 heterocycles. The zero-order valence-electron chi connectivity index (χ0n) is 17.4. The molecule has 0 amide bonds. The van der Waals surface area contributed by atoms with E-state index in [2.05, 4.69) is 51.7 Å². The van der Waals surface area contributed by atoms with Crippen LogP contribution in [0, 0.1) is 6.92 Å². The number of benzene rings is 1. The number of hydrogen-bond acceptors (Lipinski definition) is 6. The third kappa shape index (κ3) is 3.86. The van der Waals surface area contributed by atoms with Crippen molar-refractivity contribution >= 4 is 22.9 Å². The molecule has 1 aliphatic heterocycles. The van der Waals surface area contributed by atoms with E-state index in [1.165, 1.54) is 6.34 Å². The van der Waals surface area contributed by atoms with E-state index in [-0.39, 0.29) is 12.2 Å². The molecule has 1 aliphatic rings. The second-order valence-corrected chi connectivity index (χ2v) is 7.61. The normalized spacial score (nSPS) is 20.4. The van der Waals surface area contributed by atoms with Gasteiger partial charge in [-0.05, 0) is 44.5 Å². The Morgan fingerprint density at radius 3 is 2.77 bits per heavy atom. The number of nitrogens with one attached hydrogen (secondary N) is 1. The number of nitrogens with zero attached hydrogens (tertiary/aromatic N) is 4. The van der Waals surface area contributed by atoms with Crippen LogP contribution in [-0.2, 0) is 4.74 Å². The van der Waals surface area contributed by atoms with Gasteiger partial charge in [0.2, 0.25) is 0 Å². The quantitative estimate of drug-likeness (QED) is 0.382. The molecular formula is C22H26N6O2. The van der Waals surface area contributed by atoms with Crippen LogP contribution in [0.4, 0.5) is 0 Å². The lowest BCUT2D eigenvalue weighted by Crippen LogP contribution is -2.44. The lowest BCUT2D eigenvalue weighted by atomic mass is 10.0. The van der Waals surface area contributed by atoms with E-state index in [0.29, 0.717) is 11.4 Å². The molecule has 156 valence electrons. The van der Waals surface area contributed by atoms with Crippen molar-refractivity contribution in [2.24, 2.45) is 10.7 Å². The zero-order valence-corrected chi connectivity index (χ0v) is 17.4. The number of aliphatic imine (C=N–C) groups is 1. The van der Waals surface area contributed by atoms with Gasteiger partial charge in [-0.15, -0.1) is 0 Å². The number of nitrogens with two attached hydrogens (primary N) is 1. The first-order valence-corrected chi connectivity index (χ1v) is 9.91. The van der Waals surface area contributed by atoms with Gasteiger partial charge in [-0.2, -0.15) is 5.10 Å². The predicted molar refractivity (Wildman–Crippen MR) is 118 cm³/mol. The van der Waals surface area contributed by atoms with Gasteiger partial charge >= 0.3 is 0 Å². The number of hydrogen-bond donors (Lipinski definition) is 2. The molecule has 1 fully saturated rings. The van der Waals surface area contributed by atoms with Crippen molar-refractivity contribution < 1.29 is 9.26 Å². The fraction of sp³-hybridized carbons (Fsp3) is 0.318. The largest absolute Gasteiger partial charge is 0.390 e. The Hall–Kier alpha value is -3.39. The van der Waals surface area contributed by atoms with Crippen molar-refractivity contribution in [1.82, 2.24) is 20.3 Å². The summed E-state index contributed by atoms with van der Waals surface area (Å²) in [5.41, 5.74) is 11.5. The fourth-order valence-electron chi connectivity index (χ4n) is 3.85. The number of fused-ring (bicyclic) bond motifs is 1. The maximum atomic E-state index is 5.82. The van der Waals surface area contributed by atoms with Gasteiger partial charge in [0.25, 0.3) is 0 Å². The number of aromatic amines is 1. The summed E-state index contributed by atoms with van der Waals surface area (Å²) in [6.07, 6.45) is 5.12. The SMILES string of the molecule is C=C(/C=C(\N=C/N)c1n[nH]c2ccc(-c3conc3C)cc12)N1C[C@@H](C)O[C@@H](C)C1. The van der Waals surface area contributed by atoms with Crippen LogP contribution in [0.25, 0.3) is 27.7 Å². The smallest absolute Gasteiger partial charge is 0.131 e. The van der Waals surface area contributed by atoms with Gasteiger partial charge in [-0.3, -0.25) is 5.10 Å². The number of ether oxygens (including phenoxy) is 1. The number of morpholine rings is 1. The topological polar surface area (TPSA) is 106 Å². The van der Waals surface area contributed by atoms with Gasteiger partial charge in [0.05, 0.1) is 35.5 Å². The molecule has 8 heteroatoms. The number of aromatic nitrogens is 3. The number of rotatable bonds is 5. The Labute approximate surface area is 175 Å². The van der Waals surface area contributed by atoms with Crippen LogP contribution in [0.15, 0.2) is 52.3 Å². The molecule has 30 heavy (non-hydrogen) atoms. The van der Waals surface area contributed by atoms with Crippen molar-refractivity contribution in [2.75, 3.05) is 13.1 Å². The molecule has 1 aromatic carbocycles. The maximum Gasteiger partial charge on any atom is 0.131 e. The summed E-state index contributed by atoms with van der Waals surface area (Å²) >= 11 is 0. The summed E-state index contributed by atoms with van der Waals surface area (Å²) in [6, 6.07) is 6.04. The Bertz CT molecular complexity index is 1120. The molecule has 0 bridgehead atoms. The van der Waals surface area contributed by atoms with Crippen LogP contribution < -0.4 is 5.73 Å². The second kappa shape index (κ2) is 8.16. The molecule has 2 aromatic heterocycles. The van der Waals surface area contributed by atoms with Gasteiger partial charge in [0.15, 0.2) is 0 Å². The Morgan fingerprint density at radius 1 is 1.33 bits per heavy atom. The average molecular weight is 406 g/mol. The van der Waals surface area contributed by atoms with E-state index >= 15 is 0 Å². The molecule has 2 atom stereocenters. The minimum Gasteiger partial charge on any atom is -0.390 e. The average Bonchev–Trinajstić information content (AvgIpc) is 3.32. The van der Waals surface area contributed by atoms with E-state index in [9.17, 15) is 0 Å². The Morgan fingerprint density at radius 2 is 2.10 bits per heavy atom. The Balaban J connectivity index is 1.73. The van der Waals surface area contributed by atoms with E-state index in [4.69, 9.17) is 15.0 Å². The highest BCUT2D eigenvalue weighted by Crippen LogP contribution is 2.31. The first-order chi connectivity index (χ1) is 14.5. The van der Waals surface area contributed by atoms with E-state index in [1.54, 1.807) is 6.26 Å². The van der Waals surface area contributed by atoms with Crippen molar-refractivity contribution in [3.05, 3.63) is 54.2 Å². The minimum atomic E-state index is 0.140. The molecule has 0 spiro atoms. The molecule has 0 saturated carbocycles. The molecule has 0 unspecified atom stereocenters. The van der Waals surface area contributed by atoms with Crippen LogP contribution in [-0.4, -0.2) is 51.9 Å². The Kier molecular flexibility index (Phi) is 5.41. The lowest BCUT2D eigenvalue weighted by Gasteiger charge is -2.37. The third-order valence-electron chi connectivity index (χ3n) is 5.21. The number of H-pyrrole nitrogens is 1. The predicted octanol–water partition coefficient (Wildman–Crippen LogP) is 3.48. The first kappa shape index (κ1) is 19.9. The summed E-state index contributed by atoms with van der Waals surface area (Å²) < 4.78 is 10.9. The van der Waals surface area contributed by atoms with Crippen molar-refractivity contribution in [3.8, 4) is 11.1 Å². The van der Waals surface area contributed by atoms with E-state index in [1.807, 2.05) is 25.1 Å². The zero-order chi connectivity index (χ0) is 21.3. The second-order valence-electron chi connectivity index (χ2n) is 7.61. The molecule has 8 nitrogen and oxygen atoms in total. The van der Waals surface area contributed by atoms with Crippen LogP contribution in [0.1, 0.15) is 25.2 Å². The molecule has 3 N–H and O–H groups in total. The molecule has 3 aromatic rings. The molecule has 1 saturated heterocycles. The fourth-order valence-corrected chi connectivity index (χ4v) is 3.85. The van der Waals surface area contributed by atoms with Gasteiger partial charge in [-0.1, -0.05) is 17.8 Å². The molecule has 0 aliphatic carbocycles. The van der Waals surface area contributed by atoms with Crippen molar-refractivity contribution in [1.29, 1.82) is 0 Å². The van der Waals surface area contributed by atoms with E-state index < -0.39 is 0 Å². The highest BCUT2D eigenvalue weighted by molar-refractivity contribution is 5.94. The van der Waals surface area contributed by atoms with Gasteiger partial charge in [0, 0.05) is 29.7 Å². The molecular weight excluding hydrogens is 380 g/mol. The standard InChI is InChI=1S/C22H26N6O2/c1-13(28-9-14(2)30-15(3)10-28)7-21(24-12-23)22-18-8-17(5-6-20(18)25-26-22)19-11-29-27-16(19)4/h5-8,11-12,14-15H,1,9-10H2,2-4H3,(H2,23,24)(H,25,26)/b21-7-/t14-,15+. The van der Waals surface area contributed by atoms with Crippen LogP contribution >= 0.6 is 0 Å². The summed E-state index contributed by atoms with van der Waals surface area (Å²) in [7, 11) is 0. The first-order valence-electron chi connectivity index (χ1n) is 9.91. The summed E-state index contributed by atoms with van der Waals surface area (Å²) in [4.78, 5) is 6.58. The van der Waals surface area contributed by atoms with E-state index in [0.717, 1.165) is 46.5 Å². The van der Waals surface area contributed by atoms with Crippen LogP contribution in [0.5, 0.6) is 0 Å². The third-order valence-corrected chi connectivity index (χ3v) is 5.21. The molecule has 4 rings (SSSR count). The minimum absolute atomic E-state index is 0.140. The van der Waals surface area contributed by atoms with Gasteiger partial charge in [0.1, 0.15) is 12.0 Å². The highest BCUT2D eigenvalue weighted by Gasteiger charge is 2.23. The maximum absolute atomic E-state index is 5.82. The lowest BCUT2D eigenvalue weighted by molar-refractivity contribution is -0.0565. The summed E-state index contributed by atoms with van der Waals surface area (Å²) in [5, 5.41) is 12.5. The summed E-state index contributed by atoms with van der Waals surface area (Å²) in [6.45, 7) is 11.8. The van der Waals surface area contributed by atoms with Gasteiger partial charge in [-0.25, -0.2) is 4.99 Å². The van der Waals surface area contributed by atoms with Crippen LogP contribution in [0.3, 0.4) is 0 Å². The van der Waals surface area contributed by atoms with Gasteiger partial charge < -0.3 is 19.9 Å². The summed E-state index contributed by atoms with van der Waals surface area (Å²) in [5.74, 6) is 0. The number of allylic oxidation sites excluding steroid dienone is 1. The van der Waals surface area contributed by atoms with Crippen molar-refractivity contribution in [2.45, 2.75) is 33.0 Å². The monoisotopic (exact) mass is 406 g/mol.